The summed E-state index contributed by atoms with van der Waals surface area (Å²) in [4.78, 5) is 0. The quantitative estimate of drug-likeness (QED) is 0.390. The molecule has 2 bridgehead atoms. The zero-order valence-electron chi connectivity index (χ0n) is 23.7. The van der Waals surface area contributed by atoms with Crippen molar-refractivity contribution in [1.29, 1.82) is 0 Å². The molecule has 3 saturated heterocycles. The molecule has 6 fully saturated rings. The van der Waals surface area contributed by atoms with Gasteiger partial charge in [-0.2, -0.15) is 0 Å². The van der Waals surface area contributed by atoms with Crippen molar-refractivity contribution in [2.75, 3.05) is 6.61 Å². The number of ether oxygens (including phenoxy) is 3. The second-order valence-electron chi connectivity index (χ2n) is 12.8. The van der Waals surface area contributed by atoms with E-state index in [-0.39, 0.29) is 5.60 Å². The Hall–Kier alpha value is -0.120. The van der Waals surface area contributed by atoms with E-state index in [9.17, 15) is 0 Å². The van der Waals surface area contributed by atoms with Crippen LogP contribution in [-0.2, 0) is 14.2 Å². The molecule has 6 aliphatic rings. The van der Waals surface area contributed by atoms with Crippen molar-refractivity contribution < 1.29 is 14.2 Å². The monoisotopic (exact) mass is 466 g/mol. The molecule has 3 aliphatic carbocycles. The Balaban J connectivity index is 0.000000149. The zero-order chi connectivity index (χ0) is 24.6. The second-order valence-corrected chi connectivity index (χ2v) is 12.8. The summed E-state index contributed by atoms with van der Waals surface area (Å²) in [6.07, 6.45) is 16.6. The lowest BCUT2D eigenvalue weighted by atomic mass is 10.0. The fraction of sp³-hybridized carbons (Fsp3) is 1.00. The first kappa shape index (κ1) is 29.1. The van der Waals surface area contributed by atoms with Gasteiger partial charge in [0, 0.05) is 0 Å². The minimum Gasteiger partial charge on any atom is -0.370 e. The molecule has 0 radical (unpaired) electrons. The molecule has 33 heavy (non-hydrogen) atoms. The van der Waals surface area contributed by atoms with Gasteiger partial charge < -0.3 is 14.2 Å². The Morgan fingerprint density at radius 1 is 0.697 bits per heavy atom. The highest BCUT2D eigenvalue weighted by Crippen LogP contribution is 2.56. The van der Waals surface area contributed by atoms with Crippen LogP contribution in [0.1, 0.15) is 127 Å². The number of epoxide rings is 3. The molecule has 0 spiro atoms. The highest BCUT2D eigenvalue weighted by Gasteiger charge is 2.59. The predicted molar refractivity (Wildman–Crippen MR) is 141 cm³/mol. The van der Waals surface area contributed by atoms with Crippen molar-refractivity contribution >= 4 is 0 Å². The summed E-state index contributed by atoms with van der Waals surface area (Å²) in [6.45, 7) is 20.9. The number of hydrogen-bond acceptors (Lipinski definition) is 3. The summed E-state index contributed by atoms with van der Waals surface area (Å²) in [5.74, 6) is 4.53. The molecule has 196 valence electrons. The predicted octanol–water partition coefficient (Wildman–Crippen LogP) is 8.44. The van der Waals surface area contributed by atoms with Gasteiger partial charge in [0.25, 0.3) is 0 Å². The highest BCUT2D eigenvalue weighted by molar-refractivity contribution is 5.07. The van der Waals surface area contributed by atoms with Crippen LogP contribution in [0.3, 0.4) is 0 Å². The first-order chi connectivity index (χ1) is 15.6. The molecule has 0 N–H and O–H groups in total. The van der Waals surface area contributed by atoms with E-state index in [0.29, 0.717) is 12.2 Å². The molecule has 7 unspecified atom stereocenters. The fourth-order valence-electron chi connectivity index (χ4n) is 5.03. The fourth-order valence-corrected chi connectivity index (χ4v) is 5.03. The van der Waals surface area contributed by atoms with E-state index in [4.69, 9.17) is 14.2 Å². The highest BCUT2D eigenvalue weighted by atomic mass is 16.6. The van der Waals surface area contributed by atoms with Gasteiger partial charge in [-0.1, -0.05) is 81.1 Å². The average Bonchev–Trinajstić information content (AvgIpc) is 3.73. The average molecular weight is 467 g/mol. The largest absolute Gasteiger partial charge is 0.370 e. The Morgan fingerprint density at radius 2 is 1.12 bits per heavy atom. The third-order valence-corrected chi connectivity index (χ3v) is 8.03. The molecule has 3 saturated carbocycles. The van der Waals surface area contributed by atoms with Crippen LogP contribution in [0.4, 0.5) is 0 Å². The van der Waals surface area contributed by atoms with Crippen LogP contribution in [0.25, 0.3) is 0 Å². The van der Waals surface area contributed by atoms with E-state index < -0.39 is 0 Å². The Labute approximate surface area is 207 Å². The Kier molecular flexibility index (Phi) is 12.2. The maximum Gasteiger partial charge on any atom is 0.0891 e. The van der Waals surface area contributed by atoms with Crippen LogP contribution in [0.5, 0.6) is 0 Å². The van der Waals surface area contributed by atoms with Crippen molar-refractivity contribution in [2.45, 2.75) is 157 Å². The molecule has 3 nitrogen and oxygen atoms in total. The van der Waals surface area contributed by atoms with Gasteiger partial charge in [-0.25, -0.2) is 0 Å². The molecule has 3 heterocycles. The normalized spacial score (nSPS) is 37.8. The molecule has 6 rings (SSSR count). The van der Waals surface area contributed by atoms with Crippen LogP contribution in [0.15, 0.2) is 0 Å². The molecule has 0 aromatic rings. The molecule has 0 amide bonds. The lowest BCUT2D eigenvalue weighted by Gasteiger charge is -2.06. The second kappa shape index (κ2) is 13.8. The first-order valence-electron chi connectivity index (χ1n) is 14.5. The van der Waals surface area contributed by atoms with Crippen molar-refractivity contribution in [3.63, 3.8) is 0 Å². The molecule has 7 atom stereocenters. The SMILES string of the molecule is C1CC2CC1C1OC21.C1CCC2OC2C1.CC(C)CC1(C)CO1.CCC(C)C.CCC(C)C. The van der Waals surface area contributed by atoms with Crippen LogP contribution in [0.2, 0.25) is 0 Å². The van der Waals surface area contributed by atoms with Crippen LogP contribution < -0.4 is 0 Å². The van der Waals surface area contributed by atoms with Gasteiger partial charge in [0.05, 0.1) is 36.6 Å². The third kappa shape index (κ3) is 11.4. The lowest BCUT2D eigenvalue weighted by Crippen LogP contribution is -2.07. The molecule has 3 aliphatic heterocycles. The Bertz CT molecular complexity index is 493. The van der Waals surface area contributed by atoms with Gasteiger partial charge in [-0.3, -0.25) is 0 Å². The van der Waals surface area contributed by atoms with Gasteiger partial charge in [-0.15, -0.1) is 0 Å². The van der Waals surface area contributed by atoms with E-state index in [1.165, 1.54) is 64.2 Å². The van der Waals surface area contributed by atoms with Gasteiger partial charge in [0.2, 0.25) is 0 Å². The van der Waals surface area contributed by atoms with E-state index in [1.807, 2.05) is 0 Å². The van der Waals surface area contributed by atoms with Crippen LogP contribution in [-0.4, -0.2) is 36.6 Å². The van der Waals surface area contributed by atoms with Gasteiger partial charge in [0.1, 0.15) is 0 Å². The minimum absolute atomic E-state index is 0.272. The molecule has 0 aromatic carbocycles. The van der Waals surface area contributed by atoms with Gasteiger partial charge in [0.15, 0.2) is 0 Å². The van der Waals surface area contributed by atoms with Crippen molar-refractivity contribution in [3.05, 3.63) is 0 Å². The Morgan fingerprint density at radius 3 is 1.33 bits per heavy atom. The maximum absolute atomic E-state index is 5.44. The number of hydrogen-bond donors (Lipinski definition) is 0. The number of rotatable bonds is 4. The summed E-state index contributed by atoms with van der Waals surface area (Å²) in [5.41, 5.74) is 0.272. The summed E-state index contributed by atoms with van der Waals surface area (Å²) in [6, 6.07) is 0. The standard InChI is InChI=1S/C7H10O.C7H14O.C6H10O.2C5H12/c1-2-5-3-4(1)6-7(5)8-6;1-6(2)4-7(3)5-8-7;1-2-4-6-5(3-1)7-6;2*1-4-5(2)3/h4-7H,1-3H2;6H,4-5H2,1-3H3;5-6H,1-4H2;2*5H,4H2,1-3H3. The molecular formula is C30H58O3. The summed E-state index contributed by atoms with van der Waals surface area (Å²) < 4.78 is 15.9. The summed E-state index contributed by atoms with van der Waals surface area (Å²) in [5, 5.41) is 0. The summed E-state index contributed by atoms with van der Waals surface area (Å²) in [7, 11) is 0. The maximum atomic E-state index is 5.44. The third-order valence-electron chi connectivity index (χ3n) is 8.03. The minimum atomic E-state index is 0.272. The molecular weight excluding hydrogens is 408 g/mol. The first-order valence-corrected chi connectivity index (χ1v) is 14.5. The zero-order valence-corrected chi connectivity index (χ0v) is 23.7. The molecule has 3 heteroatoms. The van der Waals surface area contributed by atoms with Crippen molar-refractivity contribution in [1.82, 2.24) is 0 Å². The summed E-state index contributed by atoms with van der Waals surface area (Å²) >= 11 is 0. The lowest BCUT2D eigenvalue weighted by molar-refractivity contribution is 0.264. The molecule has 0 aromatic heterocycles. The van der Waals surface area contributed by atoms with E-state index in [0.717, 1.165) is 48.4 Å². The smallest absolute Gasteiger partial charge is 0.0891 e. The van der Waals surface area contributed by atoms with E-state index >= 15 is 0 Å². The van der Waals surface area contributed by atoms with Crippen molar-refractivity contribution in [3.8, 4) is 0 Å². The number of fused-ring (bicyclic) bond motifs is 6. The van der Waals surface area contributed by atoms with E-state index in [1.54, 1.807) is 0 Å². The topological polar surface area (TPSA) is 37.6 Å². The van der Waals surface area contributed by atoms with Crippen LogP contribution >= 0.6 is 0 Å². The van der Waals surface area contributed by atoms with Crippen LogP contribution in [0, 0.1) is 29.6 Å². The van der Waals surface area contributed by atoms with Gasteiger partial charge in [-0.05, 0) is 75.0 Å². The van der Waals surface area contributed by atoms with Gasteiger partial charge >= 0.3 is 0 Å². The van der Waals surface area contributed by atoms with Crippen molar-refractivity contribution in [2.24, 2.45) is 29.6 Å². The van der Waals surface area contributed by atoms with E-state index in [2.05, 4.69) is 62.3 Å².